The van der Waals surface area contributed by atoms with Crippen molar-refractivity contribution in [2.75, 3.05) is 17.7 Å². The molecule has 2 aromatic heterocycles. The number of rotatable bonds is 4. The highest BCUT2D eigenvalue weighted by molar-refractivity contribution is 6.00. The first-order chi connectivity index (χ1) is 9.13. The fourth-order valence-corrected chi connectivity index (χ4v) is 1.51. The van der Waals surface area contributed by atoms with Crippen LogP contribution in [0.2, 0.25) is 0 Å². The van der Waals surface area contributed by atoms with E-state index in [-0.39, 0.29) is 18.0 Å². The Hall–Kier alpha value is -2.64. The Morgan fingerprint density at radius 3 is 2.95 bits per heavy atom. The van der Waals surface area contributed by atoms with Crippen molar-refractivity contribution in [2.45, 2.75) is 6.92 Å². The molecule has 0 bridgehead atoms. The van der Waals surface area contributed by atoms with E-state index < -0.39 is 5.97 Å². The van der Waals surface area contributed by atoms with Crippen LogP contribution in [0, 0.1) is 0 Å². The van der Waals surface area contributed by atoms with Crippen molar-refractivity contribution in [2.24, 2.45) is 7.05 Å². The van der Waals surface area contributed by atoms with Crippen molar-refractivity contribution < 1.29 is 9.53 Å². The van der Waals surface area contributed by atoms with Crippen LogP contribution in [0.4, 0.5) is 17.5 Å². The summed E-state index contributed by atoms with van der Waals surface area (Å²) in [5, 5.41) is 7.01. The Morgan fingerprint density at radius 2 is 2.32 bits per heavy atom. The number of nitrogens with one attached hydrogen (secondary N) is 1. The smallest absolute Gasteiger partial charge is 0.345 e. The van der Waals surface area contributed by atoms with Crippen molar-refractivity contribution >= 4 is 23.4 Å². The standard InChI is InChI=1S/C11H14N6O2/c1-3-19-11(18)8-9(12)17(2)16-10(8)15-7-6-13-4-5-14-7/h4-6H,3,12H2,1-2H3,(H,14,15,16). The third-order valence-electron chi connectivity index (χ3n) is 2.38. The number of ether oxygens (including phenoxy) is 1. The van der Waals surface area contributed by atoms with E-state index in [0.717, 1.165) is 0 Å². The number of nitrogens with two attached hydrogens (primary N) is 1. The molecule has 8 nitrogen and oxygen atoms in total. The lowest BCUT2D eigenvalue weighted by Gasteiger charge is -2.04. The average molecular weight is 262 g/mol. The quantitative estimate of drug-likeness (QED) is 0.781. The second-order valence-electron chi connectivity index (χ2n) is 3.67. The van der Waals surface area contributed by atoms with Crippen molar-refractivity contribution in [1.29, 1.82) is 0 Å². The Bertz CT molecular complexity index is 580. The lowest BCUT2D eigenvalue weighted by atomic mass is 10.3. The molecule has 2 heterocycles. The second kappa shape index (κ2) is 5.34. The molecule has 0 radical (unpaired) electrons. The molecular weight excluding hydrogens is 248 g/mol. The van der Waals surface area contributed by atoms with Gasteiger partial charge in [-0.15, -0.1) is 0 Å². The Morgan fingerprint density at radius 1 is 1.53 bits per heavy atom. The van der Waals surface area contributed by atoms with Crippen LogP contribution in [0.25, 0.3) is 0 Å². The third kappa shape index (κ3) is 2.62. The first kappa shape index (κ1) is 12.8. The summed E-state index contributed by atoms with van der Waals surface area (Å²) in [4.78, 5) is 19.8. The lowest BCUT2D eigenvalue weighted by molar-refractivity contribution is 0.0528. The van der Waals surface area contributed by atoms with Crippen molar-refractivity contribution in [3.8, 4) is 0 Å². The van der Waals surface area contributed by atoms with Gasteiger partial charge >= 0.3 is 5.97 Å². The summed E-state index contributed by atoms with van der Waals surface area (Å²) in [6.45, 7) is 1.98. The van der Waals surface area contributed by atoms with Crippen LogP contribution >= 0.6 is 0 Å². The topological polar surface area (TPSA) is 108 Å². The molecule has 0 aliphatic carbocycles. The molecule has 2 rings (SSSR count). The second-order valence-corrected chi connectivity index (χ2v) is 3.67. The van der Waals surface area contributed by atoms with Crippen LogP contribution in [0.15, 0.2) is 18.6 Å². The van der Waals surface area contributed by atoms with Crippen LogP contribution < -0.4 is 11.1 Å². The summed E-state index contributed by atoms with van der Waals surface area (Å²) >= 11 is 0. The number of anilines is 3. The monoisotopic (exact) mass is 262 g/mol. The number of carbonyl (C=O) groups excluding carboxylic acids is 1. The minimum Gasteiger partial charge on any atom is -0.462 e. The van der Waals surface area contributed by atoms with E-state index in [1.165, 1.54) is 17.1 Å². The zero-order chi connectivity index (χ0) is 13.8. The normalized spacial score (nSPS) is 10.2. The van der Waals surface area contributed by atoms with Crippen molar-refractivity contribution in [3.63, 3.8) is 0 Å². The van der Waals surface area contributed by atoms with Crippen molar-refractivity contribution in [1.82, 2.24) is 19.7 Å². The molecule has 3 N–H and O–H groups in total. The molecule has 100 valence electrons. The van der Waals surface area contributed by atoms with Gasteiger partial charge in [0.25, 0.3) is 0 Å². The minimum absolute atomic E-state index is 0.190. The molecule has 0 saturated carbocycles. The van der Waals surface area contributed by atoms with Gasteiger partial charge in [-0.25, -0.2) is 9.78 Å². The average Bonchev–Trinajstić information content (AvgIpc) is 2.66. The SMILES string of the molecule is CCOC(=O)c1c(Nc2cnccn2)nn(C)c1N. The van der Waals surface area contributed by atoms with Gasteiger partial charge in [0.1, 0.15) is 17.2 Å². The van der Waals surface area contributed by atoms with E-state index in [0.29, 0.717) is 11.6 Å². The van der Waals surface area contributed by atoms with E-state index >= 15 is 0 Å². The van der Waals surface area contributed by atoms with Crippen LogP contribution in [-0.4, -0.2) is 32.3 Å². The van der Waals surface area contributed by atoms with Crippen molar-refractivity contribution in [3.05, 3.63) is 24.2 Å². The highest BCUT2D eigenvalue weighted by Gasteiger charge is 2.22. The third-order valence-corrected chi connectivity index (χ3v) is 2.38. The van der Waals surface area contributed by atoms with Crippen LogP contribution in [-0.2, 0) is 11.8 Å². The fourth-order valence-electron chi connectivity index (χ4n) is 1.51. The number of esters is 1. The van der Waals surface area contributed by atoms with Gasteiger partial charge in [0, 0.05) is 19.4 Å². The number of hydrogen-bond donors (Lipinski definition) is 2. The van der Waals surface area contributed by atoms with Gasteiger partial charge in [-0.3, -0.25) is 9.67 Å². The zero-order valence-corrected chi connectivity index (χ0v) is 10.6. The molecule has 0 aliphatic heterocycles. The molecule has 0 fully saturated rings. The molecule has 0 atom stereocenters. The van der Waals surface area contributed by atoms with E-state index in [4.69, 9.17) is 10.5 Å². The van der Waals surface area contributed by atoms with Crippen LogP contribution in [0.1, 0.15) is 17.3 Å². The van der Waals surface area contributed by atoms with Crippen LogP contribution in [0.5, 0.6) is 0 Å². The lowest BCUT2D eigenvalue weighted by Crippen LogP contribution is -2.09. The zero-order valence-electron chi connectivity index (χ0n) is 10.6. The number of carbonyl (C=O) groups is 1. The fraction of sp³-hybridized carbons (Fsp3) is 0.273. The molecule has 19 heavy (non-hydrogen) atoms. The summed E-state index contributed by atoms with van der Waals surface area (Å²) < 4.78 is 6.35. The van der Waals surface area contributed by atoms with Crippen LogP contribution in [0.3, 0.4) is 0 Å². The Kier molecular flexibility index (Phi) is 3.60. The molecule has 2 aromatic rings. The molecule has 0 spiro atoms. The largest absolute Gasteiger partial charge is 0.462 e. The minimum atomic E-state index is -0.528. The maximum atomic E-state index is 11.9. The predicted molar refractivity (Wildman–Crippen MR) is 68.9 cm³/mol. The number of aromatic nitrogens is 4. The molecule has 0 unspecified atom stereocenters. The summed E-state index contributed by atoms with van der Waals surface area (Å²) in [5.41, 5.74) is 6.00. The van der Waals surface area contributed by atoms with Gasteiger partial charge in [-0.2, -0.15) is 5.10 Å². The van der Waals surface area contributed by atoms with E-state index in [1.807, 2.05) is 0 Å². The summed E-state index contributed by atoms with van der Waals surface area (Å²) in [6.07, 6.45) is 4.59. The summed E-state index contributed by atoms with van der Waals surface area (Å²) in [7, 11) is 1.64. The van der Waals surface area contributed by atoms with E-state index in [9.17, 15) is 4.79 Å². The number of nitrogens with zero attached hydrogens (tertiary/aromatic N) is 4. The number of nitrogen functional groups attached to an aromatic ring is 1. The van der Waals surface area contributed by atoms with Gasteiger partial charge in [0.2, 0.25) is 0 Å². The maximum absolute atomic E-state index is 11.9. The molecule has 0 saturated heterocycles. The number of aryl methyl sites for hydroxylation is 1. The molecule has 0 aliphatic rings. The predicted octanol–water partition coefficient (Wildman–Crippen LogP) is 0.713. The molecular formula is C11H14N6O2. The summed E-state index contributed by atoms with van der Waals surface area (Å²) in [6, 6.07) is 0. The van der Waals surface area contributed by atoms with Gasteiger partial charge in [-0.1, -0.05) is 0 Å². The highest BCUT2D eigenvalue weighted by atomic mass is 16.5. The first-order valence-corrected chi connectivity index (χ1v) is 5.66. The van der Waals surface area contributed by atoms with Gasteiger partial charge < -0.3 is 15.8 Å². The molecule has 0 aromatic carbocycles. The highest BCUT2D eigenvalue weighted by Crippen LogP contribution is 2.24. The molecule has 0 amide bonds. The number of hydrogen-bond acceptors (Lipinski definition) is 7. The Labute approximate surface area is 109 Å². The Balaban J connectivity index is 2.35. The van der Waals surface area contributed by atoms with E-state index in [2.05, 4.69) is 20.4 Å². The first-order valence-electron chi connectivity index (χ1n) is 5.66. The van der Waals surface area contributed by atoms with Gasteiger partial charge in [0.05, 0.1) is 12.8 Å². The summed E-state index contributed by atoms with van der Waals surface area (Å²) in [5.74, 6) is 0.453. The van der Waals surface area contributed by atoms with Gasteiger partial charge in [-0.05, 0) is 6.92 Å². The molecule has 8 heteroatoms. The van der Waals surface area contributed by atoms with E-state index in [1.54, 1.807) is 20.2 Å². The maximum Gasteiger partial charge on any atom is 0.345 e. The van der Waals surface area contributed by atoms with Gasteiger partial charge in [0.15, 0.2) is 5.82 Å².